The monoisotopic (exact) mass is 295 g/mol. The number of hydrogen-bond acceptors (Lipinski definition) is 1. The van der Waals surface area contributed by atoms with Crippen molar-refractivity contribution in [2.24, 2.45) is 0 Å². The third kappa shape index (κ3) is 3.68. The fraction of sp³-hybridized carbons (Fsp3) is 0.467. The van der Waals surface area contributed by atoms with Gasteiger partial charge in [0.1, 0.15) is 0 Å². The highest BCUT2D eigenvalue weighted by molar-refractivity contribution is 9.10. The molecule has 1 aromatic rings. The van der Waals surface area contributed by atoms with Crippen LogP contribution in [0, 0.1) is 13.8 Å². The van der Waals surface area contributed by atoms with Gasteiger partial charge in [-0.25, -0.2) is 0 Å². The van der Waals surface area contributed by atoms with Gasteiger partial charge in [-0.1, -0.05) is 47.1 Å². The Morgan fingerprint density at radius 1 is 1.35 bits per heavy atom. The molecule has 0 bridgehead atoms. The molecule has 0 aliphatic rings. The molecule has 1 unspecified atom stereocenters. The van der Waals surface area contributed by atoms with Gasteiger partial charge in [0.05, 0.1) is 6.04 Å². The maximum atomic E-state index is 4.09. The topological polar surface area (TPSA) is 12.0 Å². The Morgan fingerprint density at radius 3 is 2.29 bits per heavy atom. The Kier molecular flexibility index (Phi) is 5.41. The summed E-state index contributed by atoms with van der Waals surface area (Å²) in [6.07, 6.45) is 1.14. The average molecular weight is 296 g/mol. The first-order valence-corrected chi connectivity index (χ1v) is 6.92. The Hall–Kier alpha value is -0.600. The summed E-state index contributed by atoms with van der Waals surface area (Å²) in [6, 6.07) is 4.73. The molecule has 0 saturated heterocycles. The van der Waals surface area contributed by atoms with Crippen molar-refractivity contribution in [1.29, 1.82) is 0 Å². The third-order valence-electron chi connectivity index (χ3n) is 2.88. The zero-order valence-electron chi connectivity index (χ0n) is 11.2. The van der Waals surface area contributed by atoms with Crippen LogP contribution in [0.3, 0.4) is 0 Å². The van der Waals surface area contributed by atoms with Gasteiger partial charge in [0.2, 0.25) is 0 Å². The van der Waals surface area contributed by atoms with Gasteiger partial charge in [-0.2, -0.15) is 0 Å². The second kappa shape index (κ2) is 6.36. The van der Waals surface area contributed by atoms with Crippen LogP contribution in [-0.2, 0) is 0 Å². The highest BCUT2D eigenvalue weighted by Gasteiger charge is 2.13. The fourth-order valence-corrected chi connectivity index (χ4v) is 2.24. The van der Waals surface area contributed by atoms with Crippen molar-refractivity contribution in [3.05, 3.63) is 45.4 Å². The van der Waals surface area contributed by atoms with Gasteiger partial charge in [0.25, 0.3) is 0 Å². The molecule has 0 amide bonds. The van der Waals surface area contributed by atoms with Gasteiger partial charge in [-0.15, -0.1) is 0 Å². The van der Waals surface area contributed by atoms with Crippen molar-refractivity contribution in [3.8, 4) is 0 Å². The maximum absolute atomic E-state index is 4.09. The SMILES string of the molecule is C=C(C)C(NCCC)c1cc(C)c(Br)c(C)c1. The summed E-state index contributed by atoms with van der Waals surface area (Å²) in [7, 11) is 0. The van der Waals surface area contributed by atoms with Crippen LogP contribution in [0.5, 0.6) is 0 Å². The Morgan fingerprint density at radius 2 is 1.88 bits per heavy atom. The minimum Gasteiger partial charge on any atom is -0.307 e. The van der Waals surface area contributed by atoms with Gasteiger partial charge < -0.3 is 5.32 Å². The highest BCUT2D eigenvalue weighted by atomic mass is 79.9. The normalized spacial score (nSPS) is 12.5. The number of nitrogens with one attached hydrogen (secondary N) is 1. The minimum atomic E-state index is 0.264. The van der Waals surface area contributed by atoms with Crippen molar-refractivity contribution in [1.82, 2.24) is 5.32 Å². The summed E-state index contributed by atoms with van der Waals surface area (Å²) in [5.74, 6) is 0. The van der Waals surface area contributed by atoms with Crippen LogP contribution in [-0.4, -0.2) is 6.54 Å². The molecule has 0 heterocycles. The summed E-state index contributed by atoms with van der Waals surface area (Å²) < 4.78 is 1.21. The average Bonchev–Trinajstić information content (AvgIpc) is 2.25. The van der Waals surface area contributed by atoms with Crippen molar-refractivity contribution in [2.45, 2.75) is 40.2 Å². The van der Waals surface area contributed by atoms with Gasteiger partial charge in [-0.3, -0.25) is 0 Å². The molecule has 0 aliphatic carbocycles. The number of rotatable bonds is 5. The van der Waals surface area contributed by atoms with E-state index in [9.17, 15) is 0 Å². The molecule has 0 radical (unpaired) electrons. The van der Waals surface area contributed by atoms with E-state index in [2.05, 4.69) is 67.7 Å². The molecule has 0 fully saturated rings. The molecule has 0 aromatic heterocycles. The molecule has 2 heteroatoms. The lowest BCUT2D eigenvalue weighted by Crippen LogP contribution is -2.23. The van der Waals surface area contributed by atoms with E-state index in [0.29, 0.717) is 0 Å². The zero-order chi connectivity index (χ0) is 13.0. The van der Waals surface area contributed by atoms with Crippen LogP contribution in [0.4, 0.5) is 0 Å². The van der Waals surface area contributed by atoms with E-state index in [4.69, 9.17) is 0 Å². The van der Waals surface area contributed by atoms with Crippen molar-refractivity contribution in [3.63, 3.8) is 0 Å². The standard InChI is InChI=1S/C15H22BrN/c1-6-7-17-15(10(2)3)13-8-11(4)14(16)12(5)9-13/h8-9,15,17H,2,6-7H2,1,3-5H3. The molecule has 1 aromatic carbocycles. The van der Waals surface area contributed by atoms with Gasteiger partial charge >= 0.3 is 0 Å². The molecule has 0 aliphatic heterocycles. The van der Waals surface area contributed by atoms with Crippen LogP contribution in [0.25, 0.3) is 0 Å². The quantitative estimate of drug-likeness (QED) is 0.778. The van der Waals surface area contributed by atoms with Crippen LogP contribution in [0.15, 0.2) is 28.8 Å². The van der Waals surface area contributed by atoms with E-state index in [1.807, 2.05) is 0 Å². The number of hydrogen-bond donors (Lipinski definition) is 1. The molecule has 0 saturated carbocycles. The predicted octanol–water partition coefficient (Wildman–Crippen LogP) is 4.68. The molecular weight excluding hydrogens is 274 g/mol. The van der Waals surface area contributed by atoms with Crippen molar-refractivity contribution < 1.29 is 0 Å². The van der Waals surface area contributed by atoms with Crippen molar-refractivity contribution >= 4 is 15.9 Å². The van der Waals surface area contributed by atoms with E-state index in [1.165, 1.54) is 26.7 Å². The lowest BCUT2D eigenvalue weighted by molar-refractivity contribution is 0.590. The van der Waals surface area contributed by atoms with Crippen LogP contribution < -0.4 is 5.32 Å². The van der Waals surface area contributed by atoms with E-state index in [0.717, 1.165) is 13.0 Å². The van der Waals surface area contributed by atoms with Gasteiger partial charge in [-0.05, 0) is 50.4 Å². The zero-order valence-corrected chi connectivity index (χ0v) is 12.8. The van der Waals surface area contributed by atoms with Crippen molar-refractivity contribution in [2.75, 3.05) is 6.54 Å². The summed E-state index contributed by atoms with van der Waals surface area (Å²) >= 11 is 3.61. The number of aryl methyl sites for hydroxylation is 2. The second-order valence-corrected chi connectivity index (χ2v) is 5.50. The Bertz CT molecular complexity index is 386. The molecule has 0 spiro atoms. The maximum Gasteiger partial charge on any atom is 0.0530 e. The molecule has 17 heavy (non-hydrogen) atoms. The molecule has 1 rings (SSSR count). The first-order valence-electron chi connectivity index (χ1n) is 6.12. The van der Waals surface area contributed by atoms with Crippen LogP contribution in [0.1, 0.15) is 43.0 Å². The third-order valence-corrected chi connectivity index (χ3v) is 4.13. The van der Waals surface area contributed by atoms with Gasteiger partial charge in [0, 0.05) is 4.47 Å². The highest BCUT2D eigenvalue weighted by Crippen LogP contribution is 2.28. The Balaban J connectivity index is 3.06. The van der Waals surface area contributed by atoms with Gasteiger partial charge in [0.15, 0.2) is 0 Å². The van der Waals surface area contributed by atoms with E-state index in [-0.39, 0.29) is 6.04 Å². The number of halogens is 1. The number of benzene rings is 1. The summed E-state index contributed by atoms with van der Waals surface area (Å²) in [4.78, 5) is 0. The molecule has 1 nitrogen and oxygen atoms in total. The first kappa shape index (κ1) is 14.5. The van der Waals surface area contributed by atoms with Crippen LogP contribution >= 0.6 is 15.9 Å². The van der Waals surface area contributed by atoms with E-state index >= 15 is 0 Å². The second-order valence-electron chi connectivity index (χ2n) is 4.70. The minimum absolute atomic E-state index is 0.264. The lowest BCUT2D eigenvalue weighted by Gasteiger charge is -2.21. The molecule has 1 N–H and O–H groups in total. The fourth-order valence-electron chi connectivity index (χ4n) is 2.01. The lowest BCUT2D eigenvalue weighted by atomic mass is 9.97. The van der Waals surface area contributed by atoms with Crippen LogP contribution in [0.2, 0.25) is 0 Å². The summed E-state index contributed by atoms with van der Waals surface area (Å²) in [5, 5.41) is 3.54. The largest absolute Gasteiger partial charge is 0.307 e. The summed E-state index contributed by atoms with van der Waals surface area (Å²) in [5.41, 5.74) is 5.04. The molecule has 94 valence electrons. The molecular formula is C15H22BrN. The summed E-state index contributed by atoms with van der Waals surface area (Å²) in [6.45, 7) is 13.6. The van der Waals surface area contributed by atoms with E-state index in [1.54, 1.807) is 0 Å². The molecule has 1 atom stereocenters. The predicted molar refractivity (Wildman–Crippen MR) is 79.5 cm³/mol. The Labute approximate surface area is 113 Å². The first-order chi connectivity index (χ1) is 7.97. The van der Waals surface area contributed by atoms with E-state index < -0.39 is 0 Å². The smallest absolute Gasteiger partial charge is 0.0530 e.